The topological polar surface area (TPSA) is 106 Å². The monoisotopic (exact) mass is 627 g/mol. The van der Waals surface area contributed by atoms with Crippen molar-refractivity contribution in [1.82, 2.24) is 19.6 Å². The minimum atomic E-state index is -1.00. The van der Waals surface area contributed by atoms with E-state index in [4.69, 9.17) is 12.6 Å². The Bertz CT molecular complexity index is 1390. The molecule has 1 atom stereocenters. The highest BCUT2D eigenvalue weighted by molar-refractivity contribution is 6.34. The van der Waals surface area contributed by atoms with Gasteiger partial charge in [0.2, 0.25) is 0 Å². The normalized spacial score (nSPS) is 20.9. The van der Waals surface area contributed by atoms with Crippen molar-refractivity contribution in [2.45, 2.75) is 82.9 Å². The van der Waals surface area contributed by atoms with Crippen LogP contribution in [0.15, 0.2) is 36.4 Å². The zero-order valence-electron chi connectivity index (χ0n) is 27.0. The largest absolute Gasteiger partial charge is 0.508 e. The summed E-state index contributed by atoms with van der Waals surface area (Å²) in [5, 5.41) is 13.2. The van der Waals surface area contributed by atoms with Gasteiger partial charge in [0.15, 0.2) is 6.10 Å². The zero-order valence-corrected chi connectivity index (χ0v) is 27.0. The molecular formula is C35H46BN5O5. The smallest absolute Gasteiger partial charge is 0.410 e. The molecule has 11 heteroatoms. The molecule has 4 aliphatic rings. The highest BCUT2D eigenvalue weighted by Gasteiger charge is 2.36. The van der Waals surface area contributed by atoms with Crippen LogP contribution in [-0.4, -0.2) is 115 Å². The van der Waals surface area contributed by atoms with Gasteiger partial charge in [-0.2, -0.15) is 0 Å². The van der Waals surface area contributed by atoms with Crippen molar-refractivity contribution in [2.75, 3.05) is 51.1 Å². The van der Waals surface area contributed by atoms with Gasteiger partial charge in [-0.3, -0.25) is 4.79 Å². The lowest BCUT2D eigenvalue weighted by Crippen LogP contribution is -2.53. The second-order valence-electron chi connectivity index (χ2n) is 13.3. The van der Waals surface area contributed by atoms with E-state index in [2.05, 4.69) is 10.2 Å². The number of carbonyl (C=O) groups is 3. The average Bonchev–Trinajstić information content (AvgIpc) is 3.25. The number of aryl methyl sites for hydroxylation is 1. The lowest BCUT2D eigenvalue weighted by atomic mass is 9.89. The fourth-order valence-electron chi connectivity index (χ4n) is 7.63. The van der Waals surface area contributed by atoms with Gasteiger partial charge in [-0.15, -0.1) is 0 Å². The second kappa shape index (κ2) is 14.4. The van der Waals surface area contributed by atoms with Crippen molar-refractivity contribution in [3.63, 3.8) is 0 Å². The highest BCUT2D eigenvalue weighted by Crippen LogP contribution is 2.26. The number of ether oxygens (including phenoxy) is 1. The van der Waals surface area contributed by atoms with Crippen molar-refractivity contribution >= 4 is 37.0 Å². The Morgan fingerprint density at radius 1 is 0.935 bits per heavy atom. The summed E-state index contributed by atoms with van der Waals surface area (Å²) in [6.07, 6.45) is 6.30. The number of likely N-dealkylation sites (tertiary alicyclic amines) is 3. The third-order valence-corrected chi connectivity index (χ3v) is 10.3. The Hall–Kier alpha value is -3.73. The SMILES string of the molecule is [B]c1cc(C[C@@H](OC(=O)N2CCC(N3CCc4ccccc4NC3=O)CC2)C(=O)N2CCC(N3CCCCC3)CC2)cc(C)c1O. The first-order valence-electron chi connectivity index (χ1n) is 17.0. The zero-order chi connectivity index (χ0) is 32.2. The number of carbonyl (C=O) groups excluding carboxylic acids is 3. The van der Waals surface area contributed by atoms with Gasteiger partial charge in [-0.25, -0.2) is 9.59 Å². The number of para-hydroxylation sites is 1. The van der Waals surface area contributed by atoms with Crippen molar-refractivity contribution < 1.29 is 24.2 Å². The van der Waals surface area contributed by atoms with Crippen LogP contribution in [0.25, 0.3) is 0 Å². The molecule has 0 bridgehead atoms. The number of amides is 4. The first kappa shape index (κ1) is 32.2. The first-order chi connectivity index (χ1) is 22.3. The number of hydrogen-bond donors (Lipinski definition) is 2. The number of aromatic hydroxyl groups is 1. The molecule has 2 aromatic carbocycles. The molecule has 4 heterocycles. The number of urea groups is 1. The molecule has 2 radical (unpaired) electrons. The molecule has 0 aliphatic carbocycles. The summed E-state index contributed by atoms with van der Waals surface area (Å²) in [5.41, 5.74) is 3.55. The van der Waals surface area contributed by atoms with E-state index in [-0.39, 0.29) is 35.6 Å². The third kappa shape index (κ3) is 7.30. The molecule has 2 aromatic rings. The van der Waals surface area contributed by atoms with Crippen molar-refractivity contribution in [3.8, 4) is 5.75 Å². The van der Waals surface area contributed by atoms with Crippen molar-refractivity contribution in [3.05, 3.63) is 53.1 Å². The maximum absolute atomic E-state index is 13.9. The number of rotatable bonds is 6. The van der Waals surface area contributed by atoms with Gasteiger partial charge in [-0.05, 0) is 87.7 Å². The molecule has 0 spiro atoms. The van der Waals surface area contributed by atoms with Crippen LogP contribution in [0.5, 0.6) is 5.75 Å². The standard InChI is InChI=1S/C35H46BN5O5/c1-24-21-25(22-29(36)32(24)42)23-31(33(43)39-16-10-27(11-17-39)38-14-5-2-6-15-38)46-35(45)40-18-12-28(13-19-40)41-20-9-26-7-3-4-8-30(26)37-34(41)44/h3-4,7-8,21-22,27-28,31,42H,2,5-6,9-20,23H2,1H3,(H,37,44)/t31-/m1/s1. The molecule has 0 unspecified atom stereocenters. The predicted molar refractivity (Wildman–Crippen MR) is 178 cm³/mol. The van der Waals surface area contributed by atoms with Gasteiger partial charge < -0.3 is 34.8 Å². The van der Waals surface area contributed by atoms with Crippen LogP contribution >= 0.6 is 0 Å². The molecule has 4 aliphatic heterocycles. The van der Waals surface area contributed by atoms with E-state index in [0.717, 1.165) is 49.2 Å². The van der Waals surface area contributed by atoms with Crippen LogP contribution in [0, 0.1) is 6.92 Å². The molecule has 6 rings (SSSR count). The summed E-state index contributed by atoms with van der Waals surface area (Å²) in [5.74, 6) is -0.168. The Labute approximate surface area is 273 Å². The van der Waals surface area contributed by atoms with Crippen LogP contribution in [0.1, 0.15) is 61.6 Å². The lowest BCUT2D eigenvalue weighted by Gasteiger charge is -2.41. The predicted octanol–water partition coefficient (Wildman–Crippen LogP) is 3.57. The molecule has 3 saturated heterocycles. The first-order valence-corrected chi connectivity index (χ1v) is 17.0. The number of hydrogen-bond acceptors (Lipinski definition) is 6. The van der Waals surface area contributed by atoms with E-state index < -0.39 is 12.2 Å². The quantitative estimate of drug-likeness (QED) is 0.475. The highest BCUT2D eigenvalue weighted by atomic mass is 16.6. The van der Waals surface area contributed by atoms with Gasteiger partial charge in [-0.1, -0.05) is 42.2 Å². The van der Waals surface area contributed by atoms with Crippen LogP contribution in [0.3, 0.4) is 0 Å². The number of phenols is 1. The molecule has 3 fully saturated rings. The van der Waals surface area contributed by atoms with Gasteiger partial charge >= 0.3 is 12.1 Å². The minimum absolute atomic E-state index is 0.0138. The number of piperidine rings is 3. The second-order valence-corrected chi connectivity index (χ2v) is 13.3. The van der Waals surface area contributed by atoms with E-state index in [1.807, 2.05) is 34.1 Å². The number of nitrogens with one attached hydrogen (secondary N) is 1. The number of nitrogens with zero attached hydrogens (tertiary/aromatic N) is 4. The van der Waals surface area contributed by atoms with Gasteiger partial charge in [0.25, 0.3) is 5.91 Å². The molecule has 2 N–H and O–H groups in total. The maximum atomic E-state index is 13.9. The van der Waals surface area contributed by atoms with Crippen LogP contribution in [-0.2, 0) is 22.4 Å². The average molecular weight is 628 g/mol. The van der Waals surface area contributed by atoms with Crippen molar-refractivity contribution in [1.29, 1.82) is 0 Å². The molecule has 0 saturated carbocycles. The Kier molecular flexibility index (Phi) is 10.1. The van der Waals surface area contributed by atoms with E-state index in [1.165, 1.54) is 19.3 Å². The van der Waals surface area contributed by atoms with Gasteiger partial charge in [0.1, 0.15) is 13.6 Å². The number of fused-ring (bicyclic) bond motifs is 1. The number of benzene rings is 2. The molecule has 46 heavy (non-hydrogen) atoms. The van der Waals surface area contributed by atoms with E-state index in [1.54, 1.807) is 24.0 Å². The summed E-state index contributed by atoms with van der Waals surface area (Å²) in [4.78, 5) is 48.5. The third-order valence-electron chi connectivity index (χ3n) is 10.3. The lowest BCUT2D eigenvalue weighted by molar-refractivity contribution is -0.142. The number of anilines is 1. The molecule has 244 valence electrons. The summed E-state index contributed by atoms with van der Waals surface area (Å²) in [6.45, 7) is 6.80. The number of phenolic OH excluding ortho intramolecular Hbond substituents is 1. The summed E-state index contributed by atoms with van der Waals surface area (Å²) >= 11 is 0. The van der Waals surface area contributed by atoms with Gasteiger partial charge in [0.05, 0.1) is 0 Å². The molecule has 10 nitrogen and oxygen atoms in total. The maximum Gasteiger partial charge on any atom is 0.410 e. The summed E-state index contributed by atoms with van der Waals surface area (Å²) in [7, 11) is 6.04. The van der Waals surface area contributed by atoms with E-state index in [9.17, 15) is 19.5 Å². The summed E-state index contributed by atoms with van der Waals surface area (Å²) < 4.78 is 6.02. The Morgan fingerprint density at radius 2 is 1.61 bits per heavy atom. The molecule has 0 aromatic heterocycles. The minimum Gasteiger partial charge on any atom is -0.508 e. The van der Waals surface area contributed by atoms with Crippen molar-refractivity contribution in [2.24, 2.45) is 0 Å². The molecular weight excluding hydrogens is 581 g/mol. The van der Waals surface area contributed by atoms with E-state index >= 15 is 0 Å². The van der Waals surface area contributed by atoms with E-state index in [0.29, 0.717) is 57.2 Å². The van der Waals surface area contributed by atoms with Crippen LogP contribution in [0.2, 0.25) is 0 Å². The van der Waals surface area contributed by atoms with Gasteiger partial charge in [0, 0.05) is 56.9 Å². The Balaban J connectivity index is 1.09. The fourth-order valence-corrected chi connectivity index (χ4v) is 7.63. The Morgan fingerprint density at radius 3 is 2.33 bits per heavy atom. The van der Waals surface area contributed by atoms with Crippen LogP contribution < -0.4 is 10.8 Å². The summed E-state index contributed by atoms with van der Waals surface area (Å²) in [6, 6.07) is 11.7. The fraction of sp³-hybridized carbons (Fsp3) is 0.571. The molecule has 4 amide bonds. The van der Waals surface area contributed by atoms with Crippen LogP contribution in [0.4, 0.5) is 15.3 Å².